The highest BCUT2D eigenvalue weighted by Gasteiger charge is 2.12. The molecule has 0 aliphatic heterocycles. The first-order chi connectivity index (χ1) is 13.0. The van der Waals surface area contributed by atoms with E-state index in [-0.39, 0.29) is 17.3 Å². The molecule has 0 bridgehead atoms. The minimum atomic E-state index is -0.487. The van der Waals surface area contributed by atoms with E-state index in [4.69, 9.17) is 0 Å². The predicted octanol–water partition coefficient (Wildman–Crippen LogP) is 2.39. The van der Waals surface area contributed by atoms with Gasteiger partial charge in [-0.3, -0.25) is 19.7 Å². The zero-order valence-electron chi connectivity index (χ0n) is 14.2. The molecule has 3 rings (SSSR count). The van der Waals surface area contributed by atoms with E-state index < -0.39 is 10.8 Å². The van der Waals surface area contributed by atoms with Crippen LogP contribution in [-0.2, 0) is 0 Å². The van der Waals surface area contributed by atoms with Crippen molar-refractivity contribution in [2.24, 2.45) is 0 Å². The number of hydrogen-bond donors (Lipinski definition) is 2. The molecule has 136 valence electrons. The molecule has 0 aliphatic rings. The smallest absolute Gasteiger partial charge is 0.276 e. The largest absolute Gasteiger partial charge is 0.355 e. The zero-order valence-corrected chi connectivity index (χ0v) is 14.2. The predicted molar refractivity (Wildman–Crippen MR) is 98.0 cm³/mol. The van der Waals surface area contributed by atoms with Crippen molar-refractivity contribution in [2.75, 3.05) is 12.4 Å². The molecule has 0 fully saturated rings. The maximum absolute atomic E-state index is 12.4. The van der Waals surface area contributed by atoms with Crippen molar-refractivity contribution in [1.29, 1.82) is 0 Å². The average molecular weight is 365 g/mol. The van der Waals surface area contributed by atoms with Gasteiger partial charge in [-0.25, -0.2) is 4.68 Å². The summed E-state index contributed by atoms with van der Waals surface area (Å²) in [6.45, 7) is 0. The second kappa shape index (κ2) is 7.48. The van der Waals surface area contributed by atoms with Gasteiger partial charge in [-0.2, -0.15) is 5.10 Å². The average Bonchev–Trinajstić information content (AvgIpc) is 3.18. The summed E-state index contributed by atoms with van der Waals surface area (Å²) in [7, 11) is 1.53. The number of nitro benzene ring substituents is 1. The van der Waals surface area contributed by atoms with Crippen molar-refractivity contribution in [1.82, 2.24) is 15.1 Å². The Bertz CT molecular complexity index is 1010. The van der Waals surface area contributed by atoms with Gasteiger partial charge >= 0.3 is 0 Å². The first-order valence-electron chi connectivity index (χ1n) is 7.92. The molecule has 2 amide bonds. The van der Waals surface area contributed by atoms with Gasteiger partial charge in [0.2, 0.25) is 0 Å². The number of carbonyl (C=O) groups excluding carboxylic acids is 2. The quantitative estimate of drug-likeness (QED) is 0.531. The van der Waals surface area contributed by atoms with E-state index >= 15 is 0 Å². The first-order valence-corrected chi connectivity index (χ1v) is 7.92. The van der Waals surface area contributed by atoms with Crippen LogP contribution < -0.4 is 10.6 Å². The highest BCUT2D eigenvalue weighted by atomic mass is 16.6. The zero-order chi connectivity index (χ0) is 19.4. The summed E-state index contributed by atoms with van der Waals surface area (Å²) in [5, 5.41) is 20.1. The summed E-state index contributed by atoms with van der Waals surface area (Å²) in [5.41, 5.74) is 1.61. The number of anilines is 1. The Morgan fingerprint density at radius 3 is 2.48 bits per heavy atom. The maximum atomic E-state index is 12.4. The van der Waals surface area contributed by atoms with Gasteiger partial charge in [0.1, 0.15) is 0 Å². The summed E-state index contributed by atoms with van der Waals surface area (Å²) in [4.78, 5) is 34.3. The van der Waals surface area contributed by atoms with Crippen molar-refractivity contribution < 1.29 is 14.5 Å². The van der Waals surface area contributed by atoms with Crippen LogP contribution in [0.2, 0.25) is 0 Å². The first kappa shape index (κ1) is 17.8. The Morgan fingerprint density at radius 2 is 1.81 bits per heavy atom. The van der Waals surface area contributed by atoms with Crippen molar-refractivity contribution >= 4 is 23.2 Å². The molecule has 0 saturated heterocycles. The number of carbonyl (C=O) groups is 2. The van der Waals surface area contributed by atoms with Crippen LogP contribution in [-0.4, -0.2) is 33.6 Å². The molecule has 0 atom stereocenters. The van der Waals surface area contributed by atoms with Gasteiger partial charge in [-0.1, -0.05) is 6.07 Å². The fourth-order valence-electron chi connectivity index (χ4n) is 2.39. The SMILES string of the molecule is CNC(=O)c1cccc(NC(=O)c2ccn(-c3ccc([N+](=O)[O-])cc3)n2)c1. The lowest BCUT2D eigenvalue weighted by atomic mass is 10.2. The van der Waals surface area contributed by atoms with Crippen LogP contribution in [0.4, 0.5) is 11.4 Å². The van der Waals surface area contributed by atoms with Gasteiger partial charge in [0.05, 0.1) is 10.6 Å². The lowest BCUT2D eigenvalue weighted by molar-refractivity contribution is -0.384. The number of aromatic nitrogens is 2. The molecule has 1 aromatic heterocycles. The van der Waals surface area contributed by atoms with Crippen LogP contribution in [0.1, 0.15) is 20.8 Å². The van der Waals surface area contributed by atoms with Gasteiger partial charge in [0, 0.05) is 36.6 Å². The summed E-state index contributed by atoms with van der Waals surface area (Å²) in [5.74, 6) is -0.696. The third kappa shape index (κ3) is 3.98. The molecular weight excluding hydrogens is 350 g/mol. The Labute approximate surface area is 153 Å². The second-order valence-corrected chi connectivity index (χ2v) is 5.53. The molecule has 9 nitrogen and oxygen atoms in total. The molecule has 0 radical (unpaired) electrons. The van der Waals surface area contributed by atoms with Crippen molar-refractivity contribution in [3.63, 3.8) is 0 Å². The third-order valence-corrected chi connectivity index (χ3v) is 3.76. The van der Waals surface area contributed by atoms with Crippen LogP contribution >= 0.6 is 0 Å². The van der Waals surface area contributed by atoms with Crippen molar-refractivity contribution in [3.8, 4) is 5.69 Å². The van der Waals surface area contributed by atoms with Crippen molar-refractivity contribution in [2.45, 2.75) is 0 Å². The Hall–Kier alpha value is -4.01. The topological polar surface area (TPSA) is 119 Å². The molecule has 0 spiro atoms. The van der Waals surface area contributed by atoms with Gasteiger partial charge in [0.15, 0.2) is 5.69 Å². The maximum Gasteiger partial charge on any atom is 0.276 e. The van der Waals surface area contributed by atoms with Crippen LogP contribution in [0.3, 0.4) is 0 Å². The Balaban J connectivity index is 1.75. The molecule has 0 unspecified atom stereocenters. The van der Waals surface area contributed by atoms with E-state index in [2.05, 4.69) is 15.7 Å². The number of non-ortho nitro benzene ring substituents is 1. The summed E-state index contributed by atoms with van der Waals surface area (Å²) >= 11 is 0. The Kier molecular flexibility index (Phi) is 4.93. The Morgan fingerprint density at radius 1 is 1.07 bits per heavy atom. The second-order valence-electron chi connectivity index (χ2n) is 5.53. The van der Waals surface area contributed by atoms with Crippen molar-refractivity contribution in [3.05, 3.63) is 82.2 Å². The molecule has 9 heteroatoms. The summed E-state index contributed by atoms with van der Waals surface area (Å²) in [6.07, 6.45) is 1.58. The van der Waals surface area contributed by atoms with E-state index in [0.717, 1.165) is 0 Å². The monoisotopic (exact) mass is 365 g/mol. The van der Waals surface area contributed by atoms with E-state index in [1.165, 1.54) is 29.9 Å². The van der Waals surface area contributed by atoms with E-state index in [1.54, 1.807) is 42.6 Å². The van der Waals surface area contributed by atoms with E-state index in [9.17, 15) is 19.7 Å². The number of nitrogens with zero attached hydrogens (tertiary/aromatic N) is 3. The van der Waals surface area contributed by atoms with Crippen LogP contribution in [0.15, 0.2) is 60.8 Å². The van der Waals surface area contributed by atoms with Gasteiger partial charge in [-0.15, -0.1) is 0 Å². The number of rotatable bonds is 5. The van der Waals surface area contributed by atoms with E-state index in [0.29, 0.717) is 16.9 Å². The number of nitro groups is 1. The molecule has 2 aromatic carbocycles. The highest BCUT2D eigenvalue weighted by molar-refractivity contribution is 6.03. The molecule has 0 saturated carbocycles. The third-order valence-electron chi connectivity index (χ3n) is 3.76. The number of amides is 2. The summed E-state index contributed by atoms with van der Waals surface area (Å²) < 4.78 is 1.44. The molecule has 27 heavy (non-hydrogen) atoms. The fourth-order valence-corrected chi connectivity index (χ4v) is 2.39. The molecule has 2 N–H and O–H groups in total. The minimum absolute atomic E-state index is 0.0279. The summed E-state index contributed by atoms with van der Waals surface area (Å²) in [6, 6.07) is 13.9. The van der Waals surface area contributed by atoms with Crippen LogP contribution in [0, 0.1) is 10.1 Å². The molecule has 1 heterocycles. The highest BCUT2D eigenvalue weighted by Crippen LogP contribution is 2.16. The minimum Gasteiger partial charge on any atom is -0.355 e. The molecular formula is C18H15N5O4. The molecule has 3 aromatic rings. The van der Waals surface area contributed by atoms with Gasteiger partial charge in [0.25, 0.3) is 17.5 Å². The van der Waals surface area contributed by atoms with E-state index in [1.807, 2.05) is 0 Å². The molecule has 0 aliphatic carbocycles. The lowest BCUT2D eigenvalue weighted by Crippen LogP contribution is -2.18. The lowest BCUT2D eigenvalue weighted by Gasteiger charge is -2.06. The van der Waals surface area contributed by atoms with Crippen LogP contribution in [0.5, 0.6) is 0 Å². The normalized spacial score (nSPS) is 10.3. The number of nitrogens with one attached hydrogen (secondary N) is 2. The van der Waals surface area contributed by atoms with Crippen LogP contribution in [0.25, 0.3) is 5.69 Å². The number of hydrogen-bond acceptors (Lipinski definition) is 5. The fraction of sp³-hybridized carbons (Fsp3) is 0.0556. The van der Waals surface area contributed by atoms with Gasteiger partial charge in [-0.05, 0) is 36.4 Å². The number of benzene rings is 2. The van der Waals surface area contributed by atoms with Gasteiger partial charge < -0.3 is 10.6 Å². The standard InChI is InChI=1S/C18H15N5O4/c1-19-17(24)12-3-2-4-13(11-12)20-18(25)16-9-10-22(21-16)14-5-7-15(8-6-14)23(26)27/h2-11H,1H3,(H,19,24)(H,20,25).